The van der Waals surface area contributed by atoms with E-state index in [1.54, 1.807) is 12.1 Å². The normalized spacial score (nSPS) is 11.7. The van der Waals surface area contributed by atoms with Crippen molar-refractivity contribution in [2.75, 3.05) is 0 Å². The fraction of sp³-hybridized carbons (Fsp3) is 0.250. The van der Waals surface area contributed by atoms with E-state index in [2.05, 4.69) is 4.98 Å². The Labute approximate surface area is 140 Å². The first-order valence-corrected chi connectivity index (χ1v) is 7.85. The average molecular weight is 325 g/mol. The Bertz CT molecular complexity index is 867. The molecular formula is C20H20FNO2. The summed E-state index contributed by atoms with van der Waals surface area (Å²) in [7, 11) is 0. The smallest absolute Gasteiger partial charge is 0.131 e. The van der Waals surface area contributed by atoms with Gasteiger partial charge in [0.15, 0.2) is 0 Å². The maximum Gasteiger partial charge on any atom is 0.131 e. The molecule has 2 aromatic carbocycles. The van der Waals surface area contributed by atoms with Crippen LogP contribution in [0, 0.1) is 5.82 Å². The van der Waals surface area contributed by atoms with Crippen LogP contribution >= 0.6 is 0 Å². The fourth-order valence-corrected chi connectivity index (χ4v) is 2.52. The molecule has 124 valence electrons. The minimum Gasteiger partial charge on any atom is -0.487 e. The zero-order chi connectivity index (χ0) is 17.3. The van der Waals surface area contributed by atoms with Crippen LogP contribution in [0.5, 0.6) is 5.75 Å². The number of hydrogen-bond acceptors (Lipinski definition) is 3. The Morgan fingerprint density at radius 1 is 1.04 bits per heavy atom. The summed E-state index contributed by atoms with van der Waals surface area (Å²) in [5.41, 5.74) is 2.68. The van der Waals surface area contributed by atoms with E-state index in [0.717, 1.165) is 27.8 Å². The van der Waals surface area contributed by atoms with Crippen LogP contribution < -0.4 is 4.74 Å². The van der Waals surface area contributed by atoms with Crippen LogP contribution in [0.2, 0.25) is 0 Å². The number of aliphatic hydroxyl groups is 1. The molecule has 0 aliphatic heterocycles. The van der Waals surface area contributed by atoms with Crippen molar-refractivity contribution < 1.29 is 14.2 Å². The summed E-state index contributed by atoms with van der Waals surface area (Å²) >= 11 is 0. The van der Waals surface area contributed by atoms with Gasteiger partial charge in [0.05, 0.1) is 17.8 Å². The van der Waals surface area contributed by atoms with Crippen molar-refractivity contribution >= 4 is 10.9 Å². The average Bonchev–Trinajstić information content (AvgIpc) is 2.53. The SMILES string of the molecule is CC(C)(C)Oc1cc(-c2ccc(F)cc2)nc2cc(CO)ccc12. The summed E-state index contributed by atoms with van der Waals surface area (Å²) < 4.78 is 19.3. The second kappa shape index (κ2) is 6.21. The topological polar surface area (TPSA) is 42.4 Å². The molecule has 1 heterocycles. The predicted octanol–water partition coefficient (Wildman–Crippen LogP) is 4.71. The molecule has 1 N–H and O–H groups in total. The first kappa shape index (κ1) is 16.4. The van der Waals surface area contributed by atoms with Crippen molar-refractivity contribution in [3.8, 4) is 17.0 Å². The van der Waals surface area contributed by atoms with Crippen LogP contribution in [-0.4, -0.2) is 15.7 Å². The van der Waals surface area contributed by atoms with Crippen molar-refractivity contribution in [3.63, 3.8) is 0 Å². The summed E-state index contributed by atoms with van der Waals surface area (Å²) in [5, 5.41) is 10.3. The standard InChI is InChI=1S/C20H20FNO2/c1-20(2,3)24-19-11-17(14-5-7-15(21)8-6-14)22-18-10-13(12-23)4-9-16(18)19/h4-11,23H,12H2,1-3H3. The quantitative estimate of drug-likeness (QED) is 0.758. The highest BCUT2D eigenvalue weighted by atomic mass is 19.1. The van der Waals surface area contributed by atoms with Crippen molar-refractivity contribution in [3.05, 3.63) is 59.9 Å². The van der Waals surface area contributed by atoms with Gasteiger partial charge in [-0.15, -0.1) is 0 Å². The molecule has 0 radical (unpaired) electrons. The largest absolute Gasteiger partial charge is 0.487 e. The van der Waals surface area contributed by atoms with E-state index in [4.69, 9.17) is 4.74 Å². The number of fused-ring (bicyclic) bond motifs is 1. The highest BCUT2D eigenvalue weighted by Crippen LogP contribution is 2.33. The van der Waals surface area contributed by atoms with Gasteiger partial charge in [0.1, 0.15) is 17.2 Å². The third kappa shape index (κ3) is 3.54. The Balaban J connectivity index is 2.20. The zero-order valence-electron chi connectivity index (χ0n) is 14.0. The molecule has 1 aromatic heterocycles. The highest BCUT2D eigenvalue weighted by molar-refractivity contribution is 5.88. The highest BCUT2D eigenvalue weighted by Gasteiger charge is 2.16. The van der Waals surface area contributed by atoms with E-state index in [0.29, 0.717) is 5.69 Å². The first-order chi connectivity index (χ1) is 11.4. The molecule has 0 spiro atoms. The third-order valence-electron chi connectivity index (χ3n) is 3.58. The first-order valence-electron chi connectivity index (χ1n) is 7.85. The molecular weight excluding hydrogens is 305 g/mol. The van der Waals surface area contributed by atoms with Crippen molar-refractivity contribution in [2.45, 2.75) is 33.0 Å². The molecule has 0 unspecified atom stereocenters. The number of benzene rings is 2. The van der Waals surface area contributed by atoms with Gasteiger partial charge in [-0.1, -0.05) is 6.07 Å². The number of pyridine rings is 1. The van der Waals surface area contributed by atoms with Crippen molar-refractivity contribution in [2.24, 2.45) is 0 Å². The molecule has 0 atom stereocenters. The predicted molar refractivity (Wildman–Crippen MR) is 93.4 cm³/mol. The molecule has 3 rings (SSSR count). The van der Waals surface area contributed by atoms with Gasteiger partial charge in [-0.3, -0.25) is 0 Å². The minimum absolute atomic E-state index is 0.0478. The van der Waals surface area contributed by atoms with E-state index in [9.17, 15) is 9.50 Å². The Morgan fingerprint density at radius 3 is 2.38 bits per heavy atom. The maximum absolute atomic E-state index is 13.2. The van der Waals surface area contributed by atoms with Crippen LogP contribution in [-0.2, 0) is 6.61 Å². The second-order valence-corrected chi connectivity index (χ2v) is 6.74. The molecule has 0 bridgehead atoms. The lowest BCUT2D eigenvalue weighted by molar-refractivity contribution is 0.133. The van der Waals surface area contributed by atoms with E-state index in [1.807, 2.05) is 45.0 Å². The Kier molecular flexibility index (Phi) is 4.24. The van der Waals surface area contributed by atoms with E-state index in [-0.39, 0.29) is 18.0 Å². The molecule has 0 aliphatic rings. The molecule has 0 amide bonds. The summed E-state index contributed by atoms with van der Waals surface area (Å²) in [6, 6.07) is 13.7. The van der Waals surface area contributed by atoms with Gasteiger partial charge in [-0.05, 0) is 62.7 Å². The van der Waals surface area contributed by atoms with Crippen LogP contribution in [0.15, 0.2) is 48.5 Å². The van der Waals surface area contributed by atoms with Crippen LogP contribution in [0.25, 0.3) is 22.2 Å². The van der Waals surface area contributed by atoms with Crippen LogP contribution in [0.3, 0.4) is 0 Å². The summed E-state index contributed by atoms with van der Waals surface area (Å²) in [5.74, 6) is 0.435. The molecule has 24 heavy (non-hydrogen) atoms. The monoisotopic (exact) mass is 325 g/mol. The number of nitrogens with zero attached hydrogens (tertiary/aromatic N) is 1. The molecule has 0 saturated carbocycles. The van der Waals surface area contributed by atoms with Gasteiger partial charge in [0.2, 0.25) is 0 Å². The van der Waals surface area contributed by atoms with Gasteiger partial charge in [0, 0.05) is 17.0 Å². The van der Waals surface area contributed by atoms with Crippen LogP contribution in [0.4, 0.5) is 4.39 Å². The summed E-state index contributed by atoms with van der Waals surface area (Å²) in [6.07, 6.45) is 0. The van der Waals surface area contributed by atoms with Crippen LogP contribution in [0.1, 0.15) is 26.3 Å². The number of ether oxygens (including phenoxy) is 1. The molecule has 4 heteroatoms. The Morgan fingerprint density at radius 2 is 1.75 bits per heavy atom. The number of aromatic nitrogens is 1. The van der Waals surface area contributed by atoms with Gasteiger partial charge >= 0.3 is 0 Å². The Hall–Kier alpha value is -2.46. The number of halogens is 1. The second-order valence-electron chi connectivity index (χ2n) is 6.74. The number of rotatable bonds is 3. The molecule has 0 saturated heterocycles. The van der Waals surface area contributed by atoms with E-state index in [1.165, 1.54) is 12.1 Å². The minimum atomic E-state index is -0.357. The molecule has 3 aromatic rings. The molecule has 0 aliphatic carbocycles. The van der Waals surface area contributed by atoms with E-state index < -0.39 is 0 Å². The maximum atomic E-state index is 13.2. The van der Waals surface area contributed by atoms with Crippen molar-refractivity contribution in [1.29, 1.82) is 0 Å². The number of aliphatic hydroxyl groups excluding tert-OH is 1. The summed E-state index contributed by atoms with van der Waals surface area (Å²) in [6.45, 7) is 5.91. The lowest BCUT2D eigenvalue weighted by atomic mass is 10.1. The number of hydrogen-bond donors (Lipinski definition) is 1. The fourth-order valence-electron chi connectivity index (χ4n) is 2.52. The third-order valence-corrected chi connectivity index (χ3v) is 3.58. The van der Waals surface area contributed by atoms with Crippen molar-refractivity contribution in [1.82, 2.24) is 4.98 Å². The lowest BCUT2D eigenvalue weighted by Gasteiger charge is -2.23. The van der Waals surface area contributed by atoms with Gasteiger partial charge in [-0.25, -0.2) is 9.37 Å². The zero-order valence-corrected chi connectivity index (χ0v) is 14.0. The van der Waals surface area contributed by atoms with Gasteiger partial charge in [0.25, 0.3) is 0 Å². The molecule has 3 nitrogen and oxygen atoms in total. The summed E-state index contributed by atoms with van der Waals surface area (Å²) in [4.78, 5) is 4.66. The van der Waals surface area contributed by atoms with Gasteiger partial charge < -0.3 is 9.84 Å². The van der Waals surface area contributed by atoms with E-state index >= 15 is 0 Å². The van der Waals surface area contributed by atoms with Gasteiger partial charge in [-0.2, -0.15) is 0 Å². The molecule has 0 fully saturated rings. The lowest BCUT2D eigenvalue weighted by Crippen LogP contribution is -2.23.